The Hall–Kier alpha value is -2.80. The van der Waals surface area contributed by atoms with Gasteiger partial charge in [0.25, 0.3) is 0 Å². The van der Waals surface area contributed by atoms with Gasteiger partial charge in [-0.2, -0.15) is 0 Å². The van der Waals surface area contributed by atoms with Crippen LogP contribution in [-0.4, -0.2) is 33.8 Å². The number of urea groups is 1. The summed E-state index contributed by atoms with van der Waals surface area (Å²) >= 11 is 1.34. The number of para-hydroxylation sites is 2. The number of benzene rings is 2. The van der Waals surface area contributed by atoms with Crippen LogP contribution < -0.4 is 10.6 Å². The Labute approximate surface area is 162 Å². The summed E-state index contributed by atoms with van der Waals surface area (Å²) in [5.41, 5.74) is 3.19. The Morgan fingerprint density at radius 2 is 1.81 bits per heavy atom. The molecule has 0 saturated carbocycles. The van der Waals surface area contributed by atoms with Crippen LogP contribution in [0.5, 0.6) is 0 Å². The molecule has 3 rings (SSSR count). The van der Waals surface area contributed by atoms with Crippen molar-refractivity contribution >= 4 is 34.7 Å². The maximum atomic E-state index is 12.0. The van der Waals surface area contributed by atoms with Crippen LogP contribution in [0.2, 0.25) is 0 Å². The topological polar surface area (TPSA) is 76.0 Å². The summed E-state index contributed by atoms with van der Waals surface area (Å²) in [6, 6.07) is 17.7. The second-order valence-corrected chi connectivity index (χ2v) is 6.91. The molecule has 0 radical (unpaired) electrons. The monoisotopic (exact) mass is 382 g/mol. The van der Waals surface area contributed by atoms with E-state index in [0.29, 0.717) is 6.54 Å². The first-order valence-corrected chi connectivity index (χ1v) is 9.85. The number of amides is 3. The number of aryl methyl sites for hydroxylation is 2. The molecule has 3 amide bonds. The molecule has 0 fully saturated rings. The summed E-state index contributed by atoms with van der Waals surface area (Å²) in [5.74, 6) is -0.209. The van der Waals surface area contributed by atoms with Crippen LogP contribution in [0.25, 0.3) is 11.0 Å². The lowest BCUT2D eigenvalue weighted by Crippen LogP contribution is -2.40. The third-order valence-electron chi connectivity index (χ3n) is 4.01. The fourth-order valence-corrected chi connectivity index (χ4v) is 3.60. The fraction of sp³-hybridized carbons (Fsp3) is 0.250. The second kappa shape index (κ2) is 9.23. The van der Waals surface area contributed by atoms with Crippen molar-refractivity contribution in [2.45, 2.75) is 25.0 Å². The average molecular weight is 382 g/mol. The number of nitrogens with zero attached hydrogens (tertiary/aromatic N) is 2. The number of imide groups is 1. The van der Waals surface area contributed by atoms with Crippen LogP contribution in [0.15, 0.2) is 59.8 Å². The van der Waals surface area contributed by atoms with Gasteiger partial charge < -0.3 is 9.88 Å². The number of hydrogen-bond donors (Lipinski definition) is 2. The SMILES string of the molecule is CCNC(=O)NC(=O)CSc1nc2ccccc2n1CCc1ccccc1. The first-order chi connectivity index (χ1) is 13.2. The summed E-state index contributed by atoms with van der Waals surface area (Å²) in [4.78, 5) is 28.1. The number of imidazole rings is 1. The van der Waals surface area contributed by atoms with Crippen molar-refractivity contribution in [1.82, 2.24) is 20.2 Å². The highest BCUT2D eigenvalue weighted by molar-refractivity contribution is 7.99. The molecule has 0 aliphatic heterocycles. The Morgan fingerprint density at radius 3 is 2.59 bits per heavy atom. The summed E-state index contributed by atoms with van der Waals surface area (Å²) < 4.78 is 2.13. The largest absolute Gasteiger partial charge is 0.338 e. The van der Waals surface area contributed by atoms with Gasteiger partial charge in [0.05, 0.1) is 16.8 Å². The number of nitrogens with one attached hydrogen (secondary N) is 2. The van der Waals surface area contributed by atoms with Gasteiger partial charge in [-0.3, -0.25) is 10.1 Å². The molecule has 1 aromatic heterocycles. The van der Waals surface area contributed by atoms with E-state index in [9.17, 15) is 9.59 Å². The van der Waals surface area contributed by atoms with Gasteiger partial charge in [-0.05, 0) is 31.0 Å². The second-order valence-electron chi connectivity index (χ2n) is 5.97. The van der Waals surface area contributed by atoms with Crippen molar-refractivity contribution < 1.29 is 9.59 Å². The fourth-order valence-electron chi connectivity index (χ4n) is 2.76. The van der Waals surface area contributed by atoms with Gasteiger partial charge >= 0.3 is 6.03 Å². The molecule has 1 heterocycles. The van der Waals surface area contributed by atoms with E-state index in [1.807, 2.05) is 42.5 Å². The molecule has 0 aliphatic rings. The standard InChI is InChI=1S/C20H22N4O2S/c1-2-21-19(26)23-18(25)14-27-20-22-16-10-6-7-11-17(16)24(20)13-12-15-8-4-3-5-9-15/h3-11H,2,12-14H2,1H3,(H2,21,23,25,26). The quantitative estimate of drug-likeness (QED) is 0.615. The van der Waals surface area contributed by atoms with Gasteiger partial charge in [-0.1, -0.05) is 54.2 Å². The van der Waals surface area contributed by atoms with E-state index in [1.165, 1.54) is 17.3 Å². The van der Waals surface area contributed by atoms with Crippen LogP contribution in [-0.2, 0) is 17.8 Å². The minimum absolute atomic E-state index is 0.131. The number of rotatable bonds is 7. The molecule has 0 bridgehead atoms. The molecular formula is C20H22N4O2S. The van der Waals surface area contributed by atoms with Gasteiger partial charge in [-0.15, -0.1) is 0 Å². The van der Waals surface area contributed by atoms with Crippen molar-refractivity contribution in [3.05, 3.63) is 60.2 Å². The van der Waals surface area contributed by atoms with Crippen molar-refractivity contribution in [3.8, 4) is 0 Å². The Bertz CT molecular complexity index is 924. The summed E-state index contributed by atoms with van der Waals surface area (Å²) in [7, 11) is 0. The highest BCUT2D eigenvalue weighted by Gasteiger charge is 2.14. The molecule has 0 spiro atoms. The zero-order valence-electron chi connectivity index (χ0n) is 15.1. The van der Waals surface area contributed by atoms with Crippen LogP contribution in [0.3, 0.4) is 0 Å². The first kappa shape index (κ1) is 19.0. The predicted octanol–water partition coefficient (Wildman–Crippen LogP) is 3.22. The lowest BCUT2D eigenvalue weighted by molar-refractivity contribution is -0.117. The van der Waals surface area contributed by atoms with Gasteiger partial charge in [0.15, 0.2) is 5.16 Å². The molecule has 6 nitrogen and oxygen atoms in total. The smallest absolute Gasteiger partial charge is 0.321 e. The zero-order chi connectivity index (χ0) is 19.1. The Morgan fingerprint density at radius 1 is 1.07 bits per heavy atom. The lowest BCUT2D eigenvalue weighted by atomic mass is 10.1. The molecule has 3 aromatic rings. The summed E-state index contributed by atoms with van der Waals surface area (Å²) in [6.07, 6.45) is 0.875. The first-order valence-electron chi connectivity index (χ1n) is 8.87. The number of aromatic nitrogens is 2. The van der Waals surface area contributed by atoms with Crippen molar-refractivity contribution in [1.29, 1.82) is 0 Å². The van der Waals surface area contributed by atoms with Crippen LogP contribution in [0.1, 0.15) is 12.5 Å². The van der Waals surface area contributed by atoms with Gasteiger partial charge in [0.1, 0.15) is 0 Å². The molecule has 2 N–H and O–H groups in total. The maximum Gasteiger partial charge on any atom is 0.321 e. The molecular weight excluding hydrogens is 360 g/mol. The molecule has 27 heavy (non-hydrogen) atoms. The third-order valence-corrected chi connectivity index (χ3v) is 4.99. The van der Waals surface area contributed by atoms with Crippen molar-refractivity contribution in [2.75, 3.05) is 12.3 Å². The van der Waals surface area contributed by atoms with Crippen molar-refractivity contribution in [3.63, 3.8) is 0 Å². The third kappa shape index (κ3) is 5.10. The number of fused-ring (bicyclic) bond motifs is 1. The highest BCUT2D eigenvalue weighted by Crippen LogP contribution is 2.24. The summed E-state index contributed by atoms with van der Waals surface area (Å²) in [6.45, 7) is 3.04. The van der Waals surface area contributed by atoms with Crippen molar-refractivity contribution in [2.24, 2.45) is 0 Å². The van der Waals surface area contributed by atoms with Gasteiger partial charge in [0.2, 0.25) is 5.91 Å². The molecule has 0 aliphatic carbocycles. The molecule has 0 unspecified atom stereocenters. The van der Waals surface area contributed by atoms with Crippen LogP contribution >= 0.6 is 11.8 Å². The van der Waals surface area contributed by atoms with Crippen LogP contribution in [0, 0.1) is 0 Å². The van der Waals surface area contributed by atoms with E-state index in [1.54, 1.807) is 6.92 Å². The number of carbonyl (C=O) groups excluding carboxylic acids is 2. The number of carbonyl (C=O) groups is 2. The molecule has 2 aromatic carbocycles. The lowest BCUT2D eigenvalue weighted by Gasteiger charge is -2.09. The minimum atomic E-state index is -0.472. The number of hydrogen-bond acceptors (Lipinski definition) is 4. The predicted molar refractivity (Wildman–Crippen MR) is 108 cm³/mol. The van der Waals surface area contributed by atoms with E-state index in [4.69, 9.17) is 0 Å². The zero-order valence-corrected chi connectivity index (χ0v) is 16.0. The Balaban J connectivity index is 1.72. The van der Waals surface area contributed by atoms with Gasteiger partial charge in [0, 0.05) is 13.1 Å². The Kier molecular flexibility index (Phi) is 6.49. The number of thioether (sulfide) groups is 1. The molecule has 140 valence electrons. The molecule has 7 heteroatoms. The maximum absolute atomic E-state index is 12.0. The van der Waals surface area contributed by atoms with E-state index in [0.717, 1.165) is 29.2 Å². The average Bonchev–Trinajstić information content (AvgIpc) is 3.03. The van der Waals surface area contributed by atoms with E-state index in [-0.39, 0.29) is 11.7 Å². The van der Waals surface area contributed by atoms with E-state index in [2.05, 4.69) is 32.3 Å². The molecule has 0 atom stereocenters. The summed E-state index contributed by atoms with van der Waals surface area (Å²) in [5, 5.41) is 5.64. The van der Waals surface area contributed by atoms with Gasteiger partial charge in [-0.25, -0.2) is 9.78 Å². The van der Waals surface area contributed by atoms with Crippen LogP contribution in [0.4, 0.5) is 4.79 Å². The van der Waals surface area contributed by atoms with E-state index >= 15 is 0 Å². The van der Waals surface area contributed by atoms with E-state index < -0.39 is 6.03 Å². The minimum Gasteiger partial charge on any atom is -0.338 e. The highest BCUT2D eigenvalue weighted by atomic mass is 32.2. The normalized spacial score (nSPS) is 10.7. The molecule has 0 saturated heterocycles.